The van der Waals surface area contributed by atoms with Gasteiger partial charge in [0.25, 0.3) is 5.89 Å². The highest BCUT2D eigenvalue weighted by Crippen LogP contribution is 2.29. The Morgan fingerprint density at radius 3 is 2.73 bits per heavy atom. The van der Waals surface area contributed by atoms with Crippen LogP contribution in [0.5, 0.6) is 0 Å². The third-order valence-corrected chi connectivity index (χ3v) is 5.06. The molecule has 0 aliphatic rings. The SMILES string of the molecule is Cc1nc(C)c(-c2nnc(NC(=O)Cc3cccc4ccccc34)o2)s1. The Morgan fingerprint density at radius 1 is 1.12 bits per heavy atom. The molecule has 0 atom stereocenters. The van der Waals surface area contributed by atoms with Crippen molar-refractivity contribution < 1.29 is 9.21 Å². The van der Waals surface area contributed by atoms with Crippen molar-refractivity contribution in [1.82, 2.24) is 15.2 Å². The summed E-state index contributed by atoms with van der Waals surface area (Å²) in [5, 5.41) is 13.7. The van der Waals surface area contributed by atoms with Gasteiger partial charge in [-0.3, -0.25) is 10.1 Å². The normalized spacial score (nSPS) is 11.0. The molecule has 0 spiro atoms. The van der Waals surface area contributed by atoms with Crippen molar-refractivity contribution in [2.45, 2.75) is 20.3 Å². The largest absolute Gasteiger partial charge is 0.402 e. The van der Waals surface area contributed by atoms with Crippen molar-refractivity contribution in [2.75, 3.05) is 5.32 Å². The van der Waals surface area contributed by atoms with Crippen molar-refractivity contribution in [2.24, 2.45) is 0 Å². The van der Waals surface area contributed by atoms with Crippen molar-refractivity contribution in [3.63, 3.8) is 0 Å². The van der Waals surface area contributed by atoms with Crippen molar-refractivity contribution in [3.05, 3.63) is 58.7 Å². The van der Waals surface area contributed by atoms with Gasteiger partial charge in [-0.25, -0.2) is 4.98 Å². The fourth-order valence-electron chi connectivity index (χ4n) is 2.88. The lowest BCUT2D eigenvalue weighted by atomic mass is 10.0. The molecule has 0 bridgehead atoms. The molecule has 7 heteroatoms. The van der Waals surface area contributed by atoms with Gasteiger partial charge in [0.15, 0.2) is 0 Å². The maximum absolute atomic E-state index is 12.4. The first-order valence-corrected chi connectivity index (χ1v) is 8.96. The second-order valence-electron chi connectivity index (χ2n) is 5.92. The van der Waals surface area contributed by atoms with Crippen LogP contribution in [0.25, 0.3) is 21.5 Å². The van der Waals surface area contributed by atoms with E-state index in [9.17, 15) is 4.79 Å². The van der Waals surface area contributed by atoms with E-state index in [1.165, 1.54) is 11.3 Å². The fraction of sp³-hybridized carbons (Fsp3) is 0.158. The number of hydrogen-bond acceptors (Lipinski definition) is 6. The Labute approximate surface area is 153 Å². The molecule has 0 fully saturated rings. The van der Waals surface area contributed by atoms with Crippen molar-refractivity contribution >= 4 is 34.0 Å². The lowest BCUT2D eigenvalue weighted by Gasteiger charge is -2.05. The van der Waals surface area contributed by atoms with Crippen LogP contribution in [0.4, 0.5) is 6.01 Å². The number of amides is 1. The third-order valence-electron chi connectivity index (χ3n) is 4.00. The van der Waals surface area contributed by atoms with Crippen LogP contribution in [0, 0.1) is 13.8 Å². The molecule has 0 aliphatic heterocycles. The van der Waals surface area contributed by atoms with Crippen LogP contribution in [-0.4, -0.2) is 21.1 Å². The predicted octanol–water partition coefficient (Wildman–Crippen LogP) is 4.14. The van der Waals surface area contributed by atoms with E-state index in [4.69, 9.17) is 4.42 Å². The molecule has 2 heterocycles. The zero-order valence-electron chi connectivity index (χ0n) is 14.3. The second kappa shape index (κ2) is 6.68. The Bertz CT molecular complexity index is 1090. The zero-order valence-corrected chi connectivity index (χ0v) is 15.1. The highest BCUT2D eigenvalue weighted by atomic mass is 32.1. The minimum atomic E-state index is -0.200. The van der Waals surface area contributed by atoms with Gasteiger partial charge in [-0.1, -0.05) is 47.6 Å². The number of anilines is 1. The summed E-state index contributed by atoms with van der Waals surface area (Å²) in [5.41, 5.74) is 1.79. The first-order chi connectivity index (χ1) is 12.6. The molecule has 1 N–H and O–H groups in total. The zero-order chi connectivity index (χ0) is 18.1. The third kappa shape index (κ3) is 3.21. The average Bonchev–Trinajstić information content (AvgIpc) is 3.21. The maximum atomic E-state index is 12.4. The number of aromatic nitrogens is 3. The lowest BCUT2D eigenvalue weighted by molar-refractivity contribution is -0.115. The molecule has 130 valence electrons. The molecule has 4 rings (SSSR count). The molecule has 2 aromatic carbocycles. The topological polar surface area (TPSA) is 80.9 Å². The number of carbonyl (C=O) groups is 1. The molecule has 0 aliphatic carbocycles. The molecule has 6 nitrogen and oxygen atoms in total. The minimum absolute atomic E-state index is 0.0932. The molecule has 4 aromatic rings. The number of nitrogens with one attached hydrogen (secondary N) is 1. The number of benzene rings is 2. The molecule has 0 saturated carbocycles. The van der Waals surface area contributed by atoms with Gasteiger partial charge in [0.2, 0.25) is 5.91 Å². The van der Waals surface area contributed by atoms with E-state index in [0.717, 1.165) is 31.9 Å². The summed E-state index contributed by atoms with van der Waals surface area (Å²) < 4.78 is 5.58. The Hall–Kier alpha value is -3.06. The highest BCUT2D eigenvalue weighted by molar-refractivity contribution is 7.15. The Balaban J connectivity index is 1.51. The van der Waals surface area contributed by atoms with Gasteiger partial charge in [0.05, 0.1) is 17.1 Å². The maximum Gasteiger partial charge on any atom is 0.322 e. The van der Waals surface area contributed by atoms with Crippen molar-refractivity contribution in [3.8, 4) is 10.8 Å². The number of aryl methyl sites for hydroxylation is 2. The van der Waals surface area contributed by atoms with Crippen LogP contribution < -0.4 is 5.32 Å². The molecular formula is C19H16N4O2S. The molecular weight excluding hydrogens is 348 g/mol. The monoisotopic (exact) mass is 364 g/mol. The van der Waals surface area contributed by atoms with Gasteiger partial charge in [0.1, 0.15) is 4.88 Å². The molecule has 0 saturated heterocycles. The van der Waals surface area contributed by atoms with Gasteiger partial charge in [-0.05, 0) is 30.2 Å². The van der Waals surface area contributed by atoms with Crippen LogP contribution in [0.1, 0.15) is 16.3 Å². The van der Waals surface area contributed by atoms with E-state index < -0.39 is 0 Å². The minimum Gasteiger partial charge on any atom is -0.402 e. The summed E-state index contributed by atoms with van der Waals surface area (Å²) in [6, 6.07) is 14.0. The molecule has 1 amide bonds. The number of thiazole rings is 1. The highest BCUT2D eigenvalue weighted by Gasteiger charge is 2.16. The molecule has 26 heavy (non-hydrogen) atoms. The smallest absolute Gasteiger partial charge is 0.322 e. The van der Waals surface area contributed by atoms with Gasteiger partial charge in [-0.15, -0.1) is 16.4 Å². The number of hydrogen-bond donors (Lipinski definition) is 1. The van der Waals surface area contributed by atoms with Crippen LogP contribution >= 0.6 is 11.3 Å². The van der Waals surface area contributed by atoms with Crippen LogP contribution in [0.15, 0.2) is 46.9 Å². The van der Waals surface area contributed by atoms with E-state index in [1.54, 1.807) is 0 Å². The van der Waals surface area contributed by atoms with E-state index in [2.05, 4.69) is 20.5 Å². The lowest BCUT2D eigenvalue weighted by Crippen LogP contribution is -2.14. The Kier molecular flexibility index (Phi) is 4.22. The van der Waals surface area contributed by atoms with E-state index in [0.29, 0.717) is 5.89 Å². The second-order valence-corrected chi connectivity index (χ2v) is 7.13. The first kappa shape index (κ1) is 16.4. The Morgan fingerprint density at radius 2 is 1.92 bits per heavy atom. The molecule has 0 unspecified atom stereocenters. The molecule has 2 aromatic heterocycles. The fourth-order valence-corrected chi connectivity index (χ4v) is 3.72. The summed E-state index contributed by atoms with van der Waals surface area (Å²) in [6.07, 6.45) is 0.234. The van der Waals surface area contributed by atoms with E-state index in [-0.39, 0.29) is 18.3 Å². The quantitative estimate of drug-likeness (QED) is 0.588. The average molecular weight is 364 g/mol. The summed E-state index contributed by atoms with van der Waals surface area (Å²) in [6.45, 7) is 3.81. The van der Waals surface area contributed by atoms with E-state index >= 15 is 0 Å². The van der Waals surface area contributed by atoms with Crippen molar-refractivity contribution in [1.29, 1.82) is 0 Å². The number of rotatable bonds is 4. The standard InChI is InChI=1S/C19H16N4O2S/c1-11-17(26-12(2)20-11)18-22-23-19(25-18)21-16(24)10-14-8-5-7-13-6-3-4-9-15(13)14/h3-9H,10H2,1-2H3,(H,21,23,24). The number of nitrogens with zero attached hydrogens (tertiary/aromatic N) is 3. The number of carbonyl (C=O) groups excluding carboxylic acids is 1. The first-order valence-electron chi connectivity index (χ1n) is 8.14. The molecule has 0 radical (unpaired) electrons. The van der Waals surface area contributed by atoms with E-state index in [1.807, 2.05) is 56.3 Å². The van der Waals surface area contributed by atoms with Gasteiger partial charge >= 0.3 is 6.01 Å². The van der Waals surface area contributed by atoms with Gasteiger partial charge < -0.3 is 4.42 Å². The van der Waals surface area contributed by atoms with Gasteiger partial charge in [0, 0.05) is 0 Å². The summed E-state index contributed by atoms with van der Waals surface area (Å²) >= 11 is 1.48. The van der Waals surface area contributed by atoms with Crippen LogP contribution in [0.2, 0.25) is 0 Å². The summed E-state index contributed by atoms with van der Waals surface area (Å²) in [4.78, 5) is 17.6. The van der Waals surface area contributed by atoms with Crippen LogP contribution in [-0.2, 0) is 11.2 Å². The van der Waals surface area contributed by atoms with Gasteiger partial charge in [-0.2, -0.15) is 0 Å². The predicted molar refractivity (Wildman–Crippen MR) is 101 cm³/mol. The number of fused-ring (bicyclic) bond motifs is 1. The summed E-state index contributed by atoms with van der Waals surface area (Å²) in [5.74, 6) is 0.169. The summed E-state index contributed by atoms with van der Waals surface area (Å²) in [7, 11) is 0. The van der Waals surface area contributed by atoms with Crippen LogP contribution in [0.3, 0.4) is 0 Å².